The van der Waals surface area contributed by atoms with Crippen LogP contribution in [-0.2, 0) is 4.79 Å². The maximum atomic E-state index is 12.0. The Balaban J connectivity index is 1.76. The Labute approximate surface area is 176 Å². The quantitative estimate of drug-likeness (QED) is 0.355. The summed E-state index contributed by atoms with van der Waals surface area (Å²) < 4.78 is 0. The lowest BCUT2D eigenvalue weighted by Crippen LogP contribution is -2.59. The Morgan fingerprint density at radius 3 is 2.59 bits per heavy atom. The van der Waals surface area contributed by atoms with Crippen LogP contribution in [0.2, 0.25) is 19.6 Å². The van der Waals surface area contributed by atoms with E-state index in [9.17, 15) is 15.0 Å². The van der Waals surface area contributed by atoms with Crippen molar-refractivity contribution in [1.82, 2.24) is 0 Å². The molecule has 3 saturated carbocycles. The first-order valence-electron chi connectivity index (χ1n) is 11.2. The van der Waals surface area contributed by atoms with Gasteiger partial charge in [0.2, 0.25) is 0 Å². The Morgan fingerprint density at radius 2 is 1.93 bits per heavy atom. The fraction of sp³-hybridized carbons (Fsp3) is 0.720. The summed E-state index contributed by atoms with van der Waals surface area (Å²) in [6.45, 7) is 15.2. The second-order valence-electron chi connectivity index (χ2n) is 11.6. The molecule has 3 unspecified atom stereocenters. The molecule has 0 aromatic heterocycles. The van der Waals surface area contributed by atoms with Crippen LogP contribution >= 0.6 is 0 Å². The highest BCUT2D eigenvalue weighted by atomic mass is 28.3. The van der Waals surface area contributed by atoms with E-state index in [0.29, 0.717) is 18.8 Å². The van der Waals surface area contributed by atoms with Crippen LogP contribution in [0.15, 0.2) is 23.8 Å². The second-order valence-corrected chi connectivity index (χ2v) is 16.3. The van der Waals surface area contributed by atoms with Crippen molar-refractivity contribution in [3.63, 3.8) is 0 Å². The number of hydrogen-bond acceptors (Lipinski definition) is 3. The van der Waals surface area contributed by atoms with Gasteiger partial charge in [-0.2, -0.15) is 0 Å². The zero-order valence-electron chi connectivity index (χ0n) is 18.6. The van der Waals surface area contributed by atoms with Gasteiger partial charge in [-0.25, -0.2) is 0 Å². The summed E-state index contributed by atoms with van der Waals surface area (Å²) in [7, 11) is -1.65. The smallest absolute Gasteiger partial charge is 0.155 e. The Hall–Kier alpha value is -1.15. The van der Waals surface area contributed by atoms with Crippen LogP contribution in [0.25, 0.3) is 0 Å². The van der Waals surface area contributed by atoms with E-state index in [1.165, 1.54) is 5.57 Å². The molecule has 158 valence electrons. The lowest BCUT2D eigenvalue weighted by molar-refractivity contribution is -0.153. The van der Waals surface area contributed by atoms with E-state index in [2.05, 4.69) is 51.5 Å². The van der Waals surface area contributed by atoms with Crippen LogP contribution < -0.4 is 0 Å². The van der Waals surface area contributed by atoms with Gasteiger partial charge in [0.15, 0.2) is 11.4 Å². The standard InChI is InChI=1S/C25H36O3Si/c1-16-13-20-19-8-7-17-14-18(26)9-10-23(17,2)22(19)21(27)15-24(20,3)25(16,28)11-12-29(4,5)6/h14,19-22,27-28H,1,7-10,13,15H2,2-6H3/t19?,20?,21-,22?,23-,24-,25-/m0/s1. The Bertz CT molecular complexity index is 856. The zero-order valence-corrected chi connectivity index (χ0v) is 19.6. The van der Waals surface area contributed by atoms with E-state index in [-0.39, 0.29) is 23.0 Å². The molecule has 7 atom stereocenters. The summed E-state index contributed by atoms with van der Waals surface area (Å²) in [6.07, 6.45) is 6.02. The molecule has 2 N–H and O–H groups in total. The predicted octanol–water partition coefficient (Wildman–Crippen LogP) is 4.27. The van der Waals surface area contributed by atoms with Gasteiger partial charge in [0, 0.05) is 11.8 Å². The Kier molecular flexibility index (Phi) is 4.67. The zero-order chi connectivity index (χ0) is 21.4. The van der Waals surface area contributed by atoms with Crippen LogP contribution in [0.1, 0.15) is 52.4 Å². The summed E-state index contributed by atoms with van der Waals surface area (Å²) in [5.74, 6) is 4.27. The van der Waals surface area contributed by atoms with Gasteiger partial charge in [0.1, 0.15) is 8.07 Å². The first-order valence-corrected chi connectivity index (χ1v) is 14.7. The molecule has 0 saturated heterocycles. The molecule has 4 aliphatic rings. The largest absolute Gasteiger partial charge is 0.393 e. The monoisotopic (exact) mass is 412 g/mol. The van der Waals surface area contributed by atoms with E-state index in [4.69, 9.17) is 0 Å². The number of ketones is 1. The summed E-state index contributed by atoms with van der Waals surface area (Å²) in [6, 6.07) is 0. The number of carbonyl (C=O) groups excluding carboxylic acids is 1. The SMILES string of the molecule is C=C1CC2C3CCC4=CC(=O)CC[C@]4(C)C3[C@@H](O)C[C@]2(C)[C@]1(O)C#C[Si](C)(C)C. The van der Waals surface area contributed by atoms with Crippen molar-refractivity contribution in [2.24, 2.45) is 28.6 Å². The van der Waals surface area contributed by atoms with Gasteiger partial charge in [-0.1, -0.05) is 51.6 Å². The van der Waals surface area contributed by atoms with Gasteiger partial charge in [0.05, 0.1) is 6.10 Å². The van der Waals surface area contributed by atoms with Gasteiger partial charge in [-0.3, -0.25) is 4.79 Å². The summed E-state index contributed by atoms with van der Waals surface area (Å²) in [5, 5.41) is 23.2. The highest BCUT2D eigenvalue weighted by Gasteiger charge is 2.67. The van der Waals surface area contributed by atoms with Crippen LogP contribution in [0.5, 0.6) is 0 Å². The minimum Gasteiger partial charge on any atom is -0.393 e. The number of hydrogen-bond donors (Lipinski definition) is 2. The Morgan fingerprint density at radius 1 is 1.24 bits per heavy atom. The molecule has 0 heterocycles. The van der Waals surface area contributed by atoms with Gasteiger partial charge in [-0.05, 0) is 66.9 Å². The third kappa shape index (κ3) is 2.96. The molecule has 0 bridgehead atoms. The number of rotatable bonds is 0. The van der Waals surface area contributed by atoms with E-state index in [1.807, 2.05) is 6.08 Å². The van der Waals surface area contributed by atoms with Crippen molar-refractivity contribution < 1.29 is 15.0 Å². The molecule has 0 amide bonds. The van der Waals surface area contributed by atoms with Crippen molar-refractivity contribution in [2.45, 2.75) is 83.7 Å². The van der Waals surface area contributed by atoms with Crippen LogP contribution in [0.4, 0.5) is 0 Å². The average Bonchev–Trinajstić information content (AvgIpc) is 2.80. The molecule has 4 aliphatic carbocycles. The number of fused-ring (bicyclic) bond motifs is 5. The highest BCUT2D eigenvalue weighted by Crippen LogP contribution is 2.68. The lowest BCUT2D eigenvalue weighted by atomic mass is 9.45. The van der Waals surface area contributed by atoms with Gasteiger partial charge < -0.3 is 10.2 Å². The fourth-order valence-electron chi connectivity index (χ4n) is 7.15. The number of allylic oxidation sites excluding steroid dienone is 1. The van der Waals surface area contributed by atoms with E-state index < -0.39 is 25.2 Å². The van der Waals surface area contributed by atoms with Gasteiger partial charge >= 0.3 is 0 Å². The predicted molar refractivity (Wildman–Crippen MR) is 119 cm³/mol. The maximum absolute atomic E-state index is 12.0. The molecule has 0 aromatic rings. The lowest BCUT2D eigenvalue weighted by Gasteiger charge is -2.60. The number of carbonyl (C=O) groups is 1. The maximum Gasteiger partial charge on any atom is 0.155 e. The molecule has 4 heteroatoms. The molecular weight excluding hydrogens is 376 g/mol. The molecule has 4 rings (SSSR count). The van der Waals surface area contributed by atoms with Crippen LogP contribution in [0.3, 0.4) is 0 Å². The minimum atomic E-state index is -1.65. The molecule has 0 radical (unpaired) electrons. The topological polar surface area (TPSA) is 57.5 Å². The van der Waals surface area contributed by atoms with E-state index in [0.717, 1.165) is 31.3 Å². The van der Waals surface area contributed by atoms with E-state index >= 15 is 0 Å². The third-order valence-corrected chi connectivity index (χ3v) is 9.58. The van der Waals surface area contributed by atoms with Crippen molar-refractivity contribution in [3.8, 4) is 11.5 Å². The van der Waals surface area contributed by atoms with E-state index in [1.54, 1.807) is 0 Å². The number of aliphatic hydroxyl groups excluding tert-OH is 1. The summed E-state index contributed by atoms with van der Waals surface area (Å²) in [5.41, 5.74) is 3.65. The average molecular weight is 413 g/mol. The third-order valence-electron chi connectivity index (χ3n) is 8.71. The highest BCUT2D eigenvalue weighted by molar-refractivity contribution is 6.83. The van der Waals surface area contributed by atoms with Crippen molar-refractivity contribution in [2.75, 3.05) is 0 Å². The molecule has 0 aromatic carbocycles. The van der Waals surface area contributed by atoms with Gasteiger partial charge in [0.25, 0.3) is 0 Å². The van der Waals surface area contributed by atoms with Gasteiger partial charge in [-0.15, -0.1) is 5.54 Å². The normalized spacial score (nSPS) is 46.8. The molecule has 29 heavy (non-hydrogen) atoms. The number of aliphatic hydroxyl groups is 2. The molecule has 3 fully saturated rings. The molecule has 3 nitrogen and oxygen atoms in total. The van der Waals surface area contributed by atoms with Crippen LogP contribution in [0, 0.1) is 40.0 Å². The fourth-order valence-corrected chi connectivity index (χ4v) is 7.71. The van der Waals surface area contributed by atoms with Crippen molar-refractivity contribution in [1.29, 1.82) is 0 Å². The first-order chi connectivity index (χ1) is 13.3. The minimum absolute atomic E-state index is 0.108. The summed E-state index contributed by atoms with van der Waals surface area (Å²) in [4.78, 5) is 12.0. The van der Waals surface area contributed by atoms with Crippen molar-refractivity contribution >= 4 is 13.9 Å². The molecular formula is C25H36O3Si. The molecule has 0 spiro atoms. The first kappa shape index (κ1) is 21.1. The van der Waals surface area contributed by atoms with Crippen LogP contribution in [-0.4, -0.2) is 35.8 Å². The summed E-state index contributed by atoms with van der Waals surface area (Å²) >= 11 is 0. The van der Waals surface area contributed by atoms with Crippen molar-refractivity contribution in [3.05, 3.63) is 23.8 Å². The molecule has 0 aliphatic heterocycles. The second kappa shape index (κ2) is 6.42.